The van der Waals surface area contributed by atoms with E-state index >= 15 is 0 Å². The van der Waals surface area contributed by atoms with Gasteiger partial charge in [0.2, 0.25) is 11.3 Å². The quantitative estimate of drug-likeness (QED) is 0.596. The van der Waals surface area contributed by atoms with E-state index in [-0.39, 0.29) is 16.6 Å². The molecule has 0 saturated heterocycles. The van der Waals surface area contributed by atoms with Crippen molar-refractivity contribution in [3.05, 3.63) is 57.8 Å². The molecule has 1 amide bonds. The molecule has 0 fully saturated rings. The number of fused-ring (bicyclic) bond motifs is 1. The van der Waals surface area contributed by atoms with Crippen molar-refractivity contribution in [1.82, 2.24) is 19.7 Å². The van der Waals surface area contributed by atoms with Crippen LogP contribution in [0.1, 0.15) is 36.8 Å². The summed E-state index contributed by atoms with van der Waals surface area (Å²) >= 11 is 0. The predicted molar refractivity (Wildman–Crippen MR) is 101 cm³/mol. The molecule has 2 heterocycles. The van der Waals surface area contributed by atoms with E-state index in [1.165, 1.54) is 4.68 Å². The number of rotatable bonds is 4. The number of anilines is 1. The number of carbonyl (C=O) groups is 1. The monoisotopic (exact) mass is 459 g/mol. The summed E-state index contributed by atoms with van der Waals surface area (Å²) in [5.74, 6) is -1.32. The lowest BCUT2D eigenvalue weighted by Crippen LogP contribution is -2.26. The molecule has 0 spiro atoms. The van der Waals surface area contributed by atoms with Gasteiger partial charge < -0.3 is 5.32 Å². The number of aromatic nitrogens is 4. The summed E-state index contributed by atoms with van der Waals surface area (Å²) in [7, 11) is 0. The number of benzene rings is 1. The summed E-state index contributed by atoms with van der Waals surface area (Å²) in [6, 6.07) is 2.61. The van der Waals surface area contributed by atoms with Gasteiger partial charge in [0, 0.05) is 17.5 Å². The van der Waals surface area contributed by atoms with E-state index in [0.29, 0.717) is 12.4 Å². The van der Waals surface area contributed by atoms with Gasteiger partial charge >= 0.3 is 12.4 Å². The van der Waals surface area contributed by atoms with E-state index < -0.39 is 53.2 Å². The van der Waals surface area contributed by atoms with Crippen LogP contribution in [0.4, 0.5) is 32.2 Å². The predicted octanol–water partition coefficient (Wildman–Crippen LogP) is 3.99. The molecule has 0 atom stereocenters. The molecule has 170 valence electrons. The van der Waals surface area contributed by atoms with Gasteiger partial charge in [-0.25, -0.2) is 9.97 Å². The SMILES string of the molecule is CC(C)n1nc(CC(=O)Nc2cc(C(F)(F)F)ncn2)c(=O)c2ccc(C(F)(F)F)cc21. The Labute approximate surface area is 176 Å². The second-order valence-corrected chi connectivity index (χ2v) is 7.06. The molecule has 0 saturated carbocycles. The number of alkyl halides is 6. The van der Waals surface area contributed by atoms with Crippen molar-refractivity contribution in [2.24, 2.45) is 0 Å². The Bertz CT molecular complexity index is 1230. The second-order valence-electron chi connectivity index (χ2n) is 7.06. The lowest BCUT2D eigenvalue weighted by Gasteiger charge is -2.16. The molecule has 0 aliphatic rings. The molecule has 1 N–H and O–H groups in total. The van der Waals surface area contributed by atoms with E-state index in [1.807, 2.05) is 0 Å². The second kappa shape index (κ2) is 8.20. The highest BCUT2D eigenvalue weighted by Gasteiger charge is 2.33. The van der Waals surface area contributed by atoms with Gasteiger partial charge in [0.05, 0.1) is 17.5 Å². The molecule has 7 nitrogen and oxygen atoms in total. The third-order valence-electron chi connectivity index (χ3n) is 4.35. The first-order valence-corrected chi connectivity index (χ1v) is 9.09. The summed E-state index contributed by atoms with van der Waals surface area (Å²) < 4.78 is 78.6. The van der Waals surface area contributed by atoms with Crippen LogP contribution in [0.5, 0.6) is 0 Å². The van der Waals surface area contributed by atoms with Crippen molar-refractivity contribution < 1.29 is 31.1 Å². The number of hydrogen-bond donors (Lipinski definition) is 1. The third-order valence-corrected chi connectivity index (χ3v) is 4.35. The van der Waals surface area contributed by atoms with E-state index in [9.17, 15) is 35.9 Å². The Balaban J connectivity index is 1.96. The van der Waals surface area contributed by atoms with Crippen molar-refractivity contribution in [1.29, 1.82) is 0 Å². The standard InChI is InChI=1S/C19H15F6N5O2/c1-9(2)30-13-5-10(18(20,21)22)3-4-11(13)17(32)12(29-30)6-16(31)28-15-7-14(19(23,24)25)26-8-27-15/h3-5,7-9H,6H2,1-2H3,(H,26,27,28,31). The molecule has 3 aromatic rings. The maximum Gasteiger partial charge on any atom is 0.433 e. The smallest absolute Gasteiger partial charge is 0.310 e. The average Bonchev–Trinajstić information content (AvgIpc) is 2.68. The number of halogens is 6. The van der Waals surface area contributed by atoms with Gasteiger partial charge in [0.25, 0.3) is 0 Å². The van der Waals surface area contributed by atoms with Crippen molar-refractivity contribution in [3.63, 3.8) is 0 Å². The summed E-state index contributed by atoms with van der Waals surface area (Å²) in [5.41, 5.74) is -3.34. The normalized spacial score (nSPS) is 12.4. The zero-order valence-electron chi connectivity index (χ0n) is 16.5. The lowest BCUT2D eigenvalue weighted by atomic mass is 10.1. The van der Waals surface area contributed by atoms with E-state index in [4.69, 9.17) is 0 Å². The fourth-order valence-corrected chi connectivity index (χ4v) is 2.90. The summed E-state index contributed by atoms with van der Waals surface area (Å²) in [4.78, 5) is 31.6. The molecule has 1 aromatic carbocycles. The number of amides is 1. The molecular weight excluding hydrogens is 444 g/mol. The average molecular weight is 459 g/mol. The van der Waals surface area contributed by atoms with Gasteiger partial charge in [0.1, 0.15) is 23.5 Å². The highest BCUT2D eigenvalue weighted by atomic mass is 19.4. The number of hydrogen-bond acceptors (Lipinski definition) is 5. The van der Waals surface area contributed by atoms with Crippen molar-refractivity contribution in [2.75, 3.05) is 5.32 Å². The Morgan fingerprint density at radius 1 is 1.06 bits per heavy atom. The van der Waals surface area contributed by atoms with Crippen LogP contribution in [0.2, 0.25) is 0 Å². The Morgan fingerprint density at radius 3 is 2.34 bits per heavy atom. The Morgan fingerprint density at radius 2 is 1.75 bits per heavy atom. The number of nitrogens with zero attached hydrogens (tertiary/aromatic N) is 4. The topological polar surface area (TPSA) is 89.8 Å². The van der Waals surface area contributed by atoms with E-state index in [0.717, 1.165) is 18.2 Å². The zero-order chi connectivity index (χ0) is 23.8. The third kappa shape index (κ3) is 4.86. The van der Waals surface area contributed by atoms with Crippen LogP contribution in [0.15, 0.2) is 35.4 Å². The highest BCUT2D eigenvalue weighted by Crippen LogP contribution is 2.31. The van der Waals surface area contributed by atoms with Crippen LogP contribution in [-0.4, -0.2) is 25.7 Å². The minimum absolute atomic E-state index is 0.0606. The molecule has 0 bridgehead atoms. The van der Waals surface area contributed by atoms with Gasteiger partial charge in [-0.15, -0.1) is 0 Å². The van der Waals surface area contributed by atoms with Gasteiger partial charge in [-0.3, -0.25) is 14.3 Å². The van der Waals surface area contributed by atoms with Crippen LogP contribution >= 0.6 is 0 Å². The van der Waals surface area contributed by atoms with Crippen LogP contribution in [0.25, 0.3) is 10.9 Å². The minimum atomic E-state index is -4.75. The van der Waals surface area contributed by atoms with Gasteiger partial charge in [-0.1, -0.05) is 0 Å². The fraction of sp³-hybridized carbons (Fsp3) is 0.316. The lowest BCUT2D eigenvalue weighted by molar-refractivity contribution is -0.141. The van der Waals surface area contributed by atoms with Crippen molar-refractivity contribution in [3.8, 4) is 0 Å². The first-order valence-electron chi connectivity index (χ1n) is 9.09. The zero-order valence-corrected chi connectivity index (χ0v) is 16.5. The molecule has 2 aromatic heterocycles. The van der Waals surface area contributed by atoms with Crippen LogP contribution in [-0.2, 0) is 23.6 Å². The Kier molecular flexibility index (Phi) is 5.94. The molecule has 13 heteroatoms. The van der Waals surface area contributed by atoms with Crippen molar-refractivity contribution in [2.45, 2.75) is 38.7 Å². The van der Waals surface area contributed by atoms with Crippen LogP contribution in [0.3, 0.4) is 0 Å². The molecular formula is C19H15F6N5O2. The molecule has 0 aliphatic carbocycles. The summed E-state index contributed by atoms with van der Waals surface area (Å²) in [6.07, 6.45) is -9.38. The van der Waals surface area contributed by atoms with Crippen LogP contribution < -0.4 is 10.7 Å². The number of carbonyl (C=O) groups excluding carboxylic acids is 1. The molecule has 0 unspecified atom stereocenters. The first kappa shape index (κ1) is 23.2. The minimum Gasteiger partial charge on any atom is -0.310 e. The first-order chi connectivity index (χ1) is 14.8. The number of nitrogens with one attached hydrogen (secondary N) is 1. The maximum absolute atomic E-state index is 13.1. The molecule has 0 radical (unpaired) electrons. The van der Waals surface area contributed by atoms with Crippen molar-refractivity contribution >= 4 is 22.6 Å². The van der Waals surface area contributed by atoms with Gasteiger partial charge in [0.15, 0.2) is 0 Å². The fourth-order valence-electron chi connectivity index (χ4n) is 2.90. The maximum atomic E-state index is 13.1. The van der Waals surface area contributed by atoms with Gasteiger partial charge in [-0.05, 0) is 32.0 Å². The summed E-state index contributed by atoms with van der Waals surface area (Å²) in [6.45, 7) is 3.25. The Hall–Kier alpha value is -3.51. The van der Waals surface area contributed by atoms with Crippen LogP contribution in [0, 0.1) is 0 Å². The highest BCUT2D eigenvalue weighted by molar-refractivity contribution is 5.91. The van der Waals surface area contributed by atoms with Gasteiger partial charge in [-0.2, -0.15) is 31.4 Å². The summed E-state index contributed by atoms with van der Waals surface area (Å²) in [5, 5.41) is 6.08. The molecule has 0 aliphatic heterocycles. The molecule has 32 heavy (non-hydrogen) atoms. The largest absolute Gasteiger partial charge is 0.433 e. The van der Waals surface area contributed by atoms with E-state index in [1.54, 1.807) is 13.8 Å². The van der Waals surface area contributed by atoms with E-state index in [2.05, 4.69) is 20.4 Å². The molecule has 3 rings (SSSR count).